The summed E-state index contributed by atoms with van der Waals surface area (Å²) in [6, 6.07) is 13.9. The van der Waals surface area contributed by atoms with Crippen molar-refractivity contribution in [2.75, 3.05) is 13.2 Å². The summed E-state index contributed by atoms with van der Waals surface area (Å²) in [7, 11) is 0. The second-order valence-electron chi connectivity index (χ2n) is 6.75. The van der Waals surface area contributed by atoms with E-state index < -0.39 is 12.1 Å². The first-order chi connectivity index (χ1) is 13.0. The zero-order chi connectivity index (χ0) is 19.2. The largest absolute Gasteiger partial charge is 0.491 e. The molecule has 27 heavy (non-hydrogen) atoms. The van der Waals surface area contributed by atoms with E-state index in [9.17, 15) is 9.59 Å². The first-order valence-corrected chi connectivity index (χ1v) is 9.19. The zero-order valence-electron chi connectivity index (χ0n) is 15.6. The van der Waals surface area contributed by atoms with Crippen LogP contribution in [0.5, 0.6) is 5.75 Å². The summed E-state index contributed by atoms with van der Waals surface area (Å²) in [5.41, 5.74) is 1.97. The third-order valence-electron chi connectivity index (χ3n) is 4.54. The third kappa shape index (κ3) is 5.17. The van der Waals surface area contributed by atoms with Gasteiger partial charge in [-0.05, 0) is 51.0 Å². The molecule has 0 N–H and O–H groups in total. The van der Waals surface area contributed by atoms with Gasteiger partial charge >= 0.3 is 5.97 Å². The van der Waals surface area contributed by atoms with E-state index in [0.717, 1.165) is 25.0 Å². The van der Waals surface area contributed by atoms with Crippen molar-refractivity contribution in [3.8, 4) is 5.75 Å². The first-order valence-electron chi connectivity index (χ1n) is 9.19. The van der Waals surface area contributed by atoms with Crippen LogP contribution in [0.3, 0.4) is 0 Å². The predicted octanol–water partition coefficient (Wildman–Crippen LogP) is 3.98. The lowest BCUT2D eigenvalue weighted by Crippen LogP contribution is -2.24. The topological polar surface area (TPSA) is 61.8 Å². The van der Waals surface area contributed by atoms with Crippen LogP contribution in [0.2, 0.25) is 0 Å². The number of benzene rings is 2. The molecular weight excluding hydrogens is 344 g/mol. The van der Waals surface area contributed by atoms with E-state index in [0.29, 0.717) is 23.5 Å². The average molecular weight is 368 g/mol. The van der Waals surface area contributed by atoms with Crippen LogP contribution in [-0.2, 0) is 9.47 Å². The number of hydrogen-bond donors (Lipinski definition) is 0. The molecule has 2 aromatic rings. The number of ether oxygens (including phenoxy) is 3. The van der Waals surface area contributed by atoms with E-state index >= 15 is 0 Å². The summed E-state index contributed by atoms with van der Waals surface area (Å²) < 4.78 is 16.5. The molecule has 0 aliphatic carbocycles. The maximum atomic E-state index is 12.4. The average Bonchev–Trinajstić information content (AvgIpc) is 3.20. The van der Waals surface area contributed by atoms with E-state index in [4.69, 9.17) is 14.2 Å². The molecule has 0 bridgehead atoms. The molecule has 1 fully saturated rings. The van der Waals surface area contributed by atoms with Gasteiger partial charge in [-0.1, -0.05) is 29.8 Å². The van der Waals surface area contributed by atoms with Crippen LogP contribution >= 0.6 is 0 Å². The Balaban J connectivity index is 1.53. The maximum Gasteiger partial charge on any atom is 0.338 e. The summed E-state index contributed by atoms with van der Waals surface area (Å²) in [6.45, 7) is 4.83. The number of carbonyl (C=O) groups excluding carboxylic acids is 2. The van der Waals surface area contributed by atoms with Gasteiger partial charge < -0.3 is 14.2 Å². The Kier molecular flexibility index (Phi) is 6.24. The van der Waals surface area contributed by atoms with E-state index in [-0.39, 0.29) is 11.9 Å². The number of aryl methyl sites for hydroxylation is 1. The van der Waals surface area contributed by atoms with Gasteiger partial charge in [0.1, 0.15) is 12.4 Å². The summed E-state index contributed by atoms with van der Waals surface area (Å²) in [5, 5.41) is 0. The highest BCUT2D eigenvalue weighted by Crippen LogP contribution is 2.18. The van der Waals surface area contributed by atoms with Crippen molar-refractivity contribution in [2.45, 2.75) is 38.9 Å². The molecule has 0 amide bonds. The Bertz CT molecular complexity index is 773. The highest BCUT2D eigenvalue weighted by Gasteiger charge is 2.20. The van der Waals surface area contributed by atoms with E-state index in [1.165, 1.54) is 0 Å². The van der Waals surface area contributed by atoms with Crippen molar-refractivity contribution in [1.29, 1.82) is 0 Å². The Morgan fingerprint density at radius 2 is 1.74 bits per heavy atom. The van der Waals surface area contributed by atoms with Gasteiger partial charge in [-0.2, -0.15) is 0 Å². The van der Waals surface area contributed by atoms with E-state index in [1.807, 2.05) is 19.1 Å². The second-order valence-corrected chi connectivity index (χ2v) is 6.75. The van der Waals surface area contributed by atoms with Gasteiger partial charge in [-0.3, -0.25) is 4.79 Å². The number of Topliss-reactive ketones (excluding diaryl/α,β-unsaturated/α-hetero) is 1. The summed E-state index contributed by atoms with van der Waals surface area (Å²) in [4.78, 5) is 24.7. The normalized spacial score (nSPS) is 17.3. The summed E-state index contributed by atoms with van der Waals surface area (Å²) in [5.74, 6) is -0.0839. The highest BCUT2D eigenvalue weighted by molar-refractivity contribution is 6.01. The summed E-state index contributed by atoms with van der Waals surface area (Å²) >= 11 is 0. The Labute approximate surface area is 159 Å². The maximum absolute atomic E-state index is 12.4. The Hall–Kier alpha value is -2.66. The zero-order valence-corrected chi connectivity index (χ0v) is 15.6. The summed E-state index contributed by atoms with van der Waals surface area (Å²) in [6.07, 6.45) is 1.37. The highest BCUT2D eigenvalue weighted by atomic mass is 16.5. The molecule has 1 aliphatic rings. The van der Waals surface area contributed by atoms with Gasteiger partial charge in [-0.15, -0.1) is 0 Å². The third-order valence-corrected chi connectivity index (χ3v) is 4.54. The minimum atomic E-state index is -0.851. The fraction of sp³-hybridized carbons (Fsp3) is 0.364. The molecule has 2 atom stereocenters. The van der Waals surface area contributed by atoms with Gasteiger partial charge in [-0.25, -0.2) is 4.79 Å². The molecule has 0 radical (unpaired) electrons. The monoisotopic (exact) mass is 368 g/mol. The van der Waals surface area contributed by atoms with Crippen molar-refractivity contribution >= 4 is 11.8 Å². The van der Waals surface area contributed by atoms with Gasteiger partial charge in [0.15, 0.2) is 6.10 Å². The number of rotatable bonds is 7. The lowest BCUT2D eigenvalue weighted by atomic mass is 10.1. The van der Waals surface area contributed by atoms with Crippen molar-refractivity contribution in [3.63, 3.8) is 0 Å². The molecule has 5 nitrogen and oxygen atoms in total. The van der Waals surface area contributed by atoms with Crippen molar-refractivity contribution < 1.29 is 23.8 Å². The molecular formula is C22H24O5. The van der Waals surface area contributed by atoms with Gasteiger partial charge in [0.05, 0.1) is 11.7 Å². The molecule has 1 saturated heterocycles. The molecule has 1 aliphatic heterocycles. The van der Waals surface area contributed by atoms with Crippen LogP contribution in [0.15, 0.2) is 48.5 Å². The molecule has 1 heterocycles. The van der Waals surface area contributed by atoms with Gasteiger partial charge in [0.25, 0.3) is 0 Å². The van der Waals surface area contributed by atoms with E-state index in [1.54, 1.807) is 43.3 Å². The van der Waals surface area contributed by atoms with Crippen LogP contribution < -0.4 is 4.74 Å². The minimum absolute atomic E-state index is 0.142. The van der Waals surface area contributed by atoms with Gasteiger partial charge in [0.2, 0.25) is 5.78 Å². The Morgan fingerprint density at radius 1 is 1.07 bits per heavy atom. The molecule has 2 aromatic carbocycles. The number of hydrogen-bond acceptors (Lipinski definition) is 5. The fourth-order valence-corrected chi connectivity index (χ4v) is 2.89. The fourth-order valence-electron chi connectivity index (χ4n) is 2.89. The quantitative estimate of drug-likeness (QED) is 0.546. The number of esters is 1. The Morgan fingerprint density at radius 3 is 2.37 bits per heavy atom. The minimum Gasteiger partial charge on any atom is -0.491 e. The molecule has 0 aromatic heterocycles. The van der Waals surface area contributed by atoms with Gasteiger partial charge in [0, 0.05) is 12.2 Å². The predicted molar refractivity (Wildman–Crippen MR) is 101 cm³/mol. The van der Waals surface area contributed by atoms with E-state index in [2.05, 4.69) is 0 Å². The van der Waals surface area contributed by atoms with Crippen molar-refractivity contribution in [1.82, 2.24) is 0 Å². The molecule has 3 rings (SSSR count). The lowest BCUT2D eigenvalue weighted by Gasteiger charge is -2.13. The van der Waals surface area contributed by atoms with Crippen LogP contribution in [-0.4, -0.2) is 37.2 Å². The molecule has 0 spiro atoms. The molecule has 0 unspecified atom stereocenters. The molecule has 0 saturated carbocycles. The van der Waals surface area contributed by atoms with Crippen LogP contribution in [0.1, 0.15) is 46.0 Å². The number of ketones is 1. The molecule has 5 heteroatoms. The standard InChI is InChI=1S/C22H24O5/c1-15-5-7-17(8-6-15)21(23)16(2)27-22(24)18-9-11-19(12-10-18)26-14-20-4-3-13-25-20/h5-12,16,20H,3-4,13-14H2,1-2H3/t16-,20+/m1/s1. The van der Waals surface area contributed by atoms with Crippen molar-refractivity contribution in [3.05, 3.63) is 65.2 Å². The molecule has 142 valence electrons. The van der Waals surface area contributed by atoms with Crippen LogP contribution in [0.4, 0.5) is 0 Å². The first kappa shape index (κ1) is 19.1. The second kappa shape index (κ2) is 8.82. The van der Waals surface area contributed by atoms with Crippen LogP contribution in [0.25, 0.3) is 0 Å². The van der Waals surface area contributed by atoms with Crippen LogP contribution in [0, 0.1) is 6.92 Å². The SMILES string of the molecule is Cc1ccc(C(=O)[C@@H](C)OC(=O)c2ccc(OC[C@@H]3CCCO3)cc2)cc1. The smallest absolute Gasteiger partial charge is 0.338 e. The number of carbonyl (C=O) groups is 2. The van der Waals surface area contributed by atoms with Crippen molar-refractivity contribution in [2.24, 2.45) is 0 Å². The lowest BCUT2D eigenvalue weighted by molar-refractivity contribution is 0.0318.